The first kappa shape index (κ1) is 52.0. The van der Waals surface area contributed by atoms with Crippen molar-refractivity contribution in [2.75, 3.05) is 14.7 Å². The molecule has 1 saturated carbocycles. The van der Waals surface area contributed by atoms with Crippen LogP contribution in [0, 0.1) is 11.3 Å². The molecule has 6 aromatic carbocycles. The van der Waals surface area contributed by atoms with Crippen LogP contribution in [0.5, 0.6) is 0 Å². The lowest BCUT2D eigenvalue weighted by atomic mass is 9.35. The molecule has 5 aliphatic rings. The van der Waals surface area contributed by atoms with Gasteiger partial charge in [0.05, 0.1) is 17.0 Å². The Kier molecular flexibility index (Phi) is 11.8. The fourth-order valence-electron chi connectivity index (χ4n) is 14.9. The maximum atomic E-state index is 7.81. The molecule has 77 heavy (non-hydrogen) atoms. The average Bonchev–Trinajstić information content (AvgIpc) is 3.83. The molecule has 0 bridgehead atoms. The highest BCUT2D eigenvalue weighted by atomic mass is 16.3. The summed E-state index contributed by atoms with van der Waals surface area (Å²) in [5.41, 5.74) is 23.6. The number of furan rings is 1. The van der Waals surface area contributed by atoms with Crippen molar-refractivity contribution < 1.29 is 4.42 Å². The number of nitrogens with zero attached hydrogens (tertiary/aromatic N) is 3. The molecule has 1 fully saturated rings. The summed E-state index contributed by atoms with van der Waals surface area (Å²) >= 11 is 0. The smallest absolute Gasteiger partial charge is 0.297 e. The Balaban J connectivity index is 1.22. The molecular weight excluding hydrogens is 934 g/mol. The van der Waals surface area contributed by atoms with E-state index in [4.69, 9.17) is 4.42 Å². The van der Waals surface area contributed by atoms with Crippen LogP contribution in [0.2, 0.25) is 0 Å². The third-order valence-corrected chi connectivity index (χ3v) is 20.2. The maximum absolute atomic E-state index is 7.81. The lowest BCUT2D eigenvalue weighted by molar-refractivity contribution is 0.169. The molecule has 4 nitrogen and oxygen atoms in total. The van der Waals surface area contributed by atoms with Gasteiger partial charge in [-0.2, -0.15) is 0 Å². The predicted molar refractivity (Wildman–Crippen MR) is 332 cm³/mol. The Morgan fingerprint density at radius 3 is 1.55 bits per heavy atom. The van der Waals surface area contributed by atoms with E-state index in [1.807, 2.05) is 0 Å². The van der Waals surface area contributed by atoms with E-state index >= 15 is 0 Å². The van der Waals surface area contributed by atoms with Gasteiger partial charge >= 0.3 is 0 Å². The van der Waals surface area contributed by atoms with Crippen molar-refractivity contribution in [1.29, 1.82) is 0 Å². The lowest BCUT2D eigenvalue weighted by Crippen LogP contribution is -2.63. The third-order valence-electron chi connectivity index (χ3n) is 20.2. The Morgan fingerprint density at radius 2 is 1.00 bits per heavy atom. The van der Waals surface area contributed by atoms with Gasteiger partial charge in [-0.15, -0.1) is 0 Å². The normalized spacial score (nSPS) is 21.0. The fraction of sp³-hybridized carbons (Fsp3) is 0.472. The van der Waals surface area contributed by atoms with Crippen LogP contribution >= 0.6 is 0 Å². The number of fused-ring (bicyclic) bond motifs is 8. The van der Waals surface area contributed by atoms with Crippen molar-refractivity contribution in [3.05, 3.63) is 149 Å². The molecule has 2 aliphatic heterocycles. The topological polar surface area (TPSA) is 22.9 Å². The zero-order valence-corrected chi connectivity index (χ0v) is 50.1. The molecule has 0 unspecified atom stereocenters. The first-order valence-corrected chi connectivity index (χ1v) is 29.7. The largest absolute Gasteiger partial charge is 0.468 e. The second kappa shape index (κ2) is 17.4. The average molecular weight is 1020 g/mol. The van der Waals surface area contributed by atoms with E-state index in [0.717, 1.165) is 59.7 Å². The van der Waals surface area contributed by atoms with E-state index in [-0.39, 0.29) is 44.6 Å². The standard InChI is InChI=1S/C72H88BN3O/c1-66(2,3)45-23-29-49(30-24-45)74(48-21-19-18-20-22-48)52-39-60-63-61(40-52)76(51-33-27-47(28-34-51)68(7,8)9)64-53-41-54-57(72(16,17)38-35-69(54,10)11)44-62(53)77-65(64)73(63)58-42-55-56(71(14,15)37-36-70(55,12)13)43-59(58)75(60)50-31-25-46(26-32-50)67(4,5)6/h18-24,27-30,33-34,39-44,46,50H,25-26,31-32,35-38H2,1-17H3. The van der Waals surface area contributed by atoms with Crippen LogP contribution in [-0.2, 0) is 32.5 Å². The summed E-state index contributed by atoms with van der Waals surface area (Å²) in [7, 11) is 0. The summed E-state index contributed by atoms with van der Waals surface area (Å²) in [6.45, 7) is 41.1. The Hall–Kier alpha value is -5.68. The van der Waals surface area contributed by atoms with Crippen molar-refractivity contribution in [2.24, 2.45) is 11.3 Å². The van der Waals surface area contributed by atoms with Crippen molar-refractivity contribution in [3.8, 4) is 0 Å². The molecule has 0 amide bonds. The molecule has 7 aromatic rings. The van der Waals surface area contributed by atoms with Gasteiger partial charge in [0.2, 0.25) is 0 Å². The van der Waals surface area contributed by atoms with Crippen molar-refractivity contribution in [1.82, 2.24) is 0 Å². The van der Waals surface area contributed by atoms with Gasteiger partial charge in [-0.25, -0.2) is 0 Å². The SMILES string of the molecule is CC(C)(C)c1ccc(N(c2ccccc2)c2cc3c4c(c2)N(C2CCC(C(C)(C)C)CC2)c2cc5c(cc2B4c2oc4cc6c(cc4c2N3c2ccc(C(C)(C)C)cc2)C(C)(C)CCC6(C)C)C(C)(C)CCC5(C)C)cc1. The van der Waals surface area contributed by atoms with E-state index in [0.29, 0.717) is 12.0 Å². The van der Waals surface area contributed by atoms with Crippen LogP contribution < -0.4 is 31.3 Å². The molecule has 0 N–H and O–H groups in total. The maximum Gasteiger partial charge on any atom is 0.297 e. The molecule has 400 valence electrons. The van der Waals surface area contributed by atoms with Gasteiger partial charge in [0, 0.05) is 45.6 Å². The van der Waals surface area contributed by atoms with Crippen LogP contribution in [0.3, 0.4) is 0 Å². The van der Waals surface area contributed by atoms with Gasteiger partial charge in [-0.3, -0.25) is 0 Å². The molecule has 12 rings (SSSR count). The molecule has 1 aromatic heterocycles. The van der Waals surface area contributed by atoms with Gasteiger partial charge in [0.15, 0.2) is 0 Å². The summed E-state index contributed by atoms with van der Waals surface area (Å²) < 4.78 is 7.81. The number of anilines is 8. The summed E-state index contributed by atoms with van der Waals surface area (Å²) in [6.07, 6.45) is 9.39. The van der Waals surface area contributed by atoms with E-state index < -0.39 is 0 Å². The Morgan fingerprint density at radius 1 is 0.506 bits per heavy atom. The summed E-state index contributed by atoms with van der Waals surface area (Å²) in [5.74, 6) is 0.689. The summed E-state index contributed by atoms with van der Waals surface area (Å²) in [4.78, 5) is 8.08. The molecule has 3 aliphatic carbocycles. The molecule has 0 saturated heterocycles. The first-order chi connectivity index (χ1) is 36.0. The molecular formula is C72H88BN3O. The Bertz CT molecular complexity index is 3430. The first-order valence-electron chi connectivity index (χ1n) is 29.7. The Labute approximate surface area is 464 Å². The number of rotatable bonds is 5. The fourth-order valence-corrected chi connectivity index (χ4v) is 14.9. The number of para-hydroxylation sites is 1. The molecule has 5 heteroatoms. The van der Waals surface area contributed by atoms with Gasteiger partial charge in [0.25, 0.3) is 6.71 Å². The second-order valence-corrected chi connectivity index (χ2v) is 30.4. The van der Waals surface area contributed by atoms with Crippen molar-refractivity contribution >= 4 is 79.8 Å². The number of hydrogen-bond donors (Lipinski definition) is 0. The highest BCUT2D eigenvalue weighted by Gasteiger charge is 2.51. The lowest BCUT2D eigenvalue weighted by Gasteiger charge is -2.50. The highest BCUT2D eigenvalue weighted by Crippen LogP contribution is 2.55. The summed E-state index contributed by atoms with van der Waals surface area (Å²) in [6, 6.07) is 46.1. The van der Waals surface area contributed by atoms with Gasteiger partial charge in [-0.1, -0.05) is 166 Å². The van der Waals surface area contributed by atoms with E-state index in [1.54, 1.807) is 0 Å². The molecule has 0 radical (unpaired) electrons. The van der Waals surface area contributed by atoms with Crippen LogP contribution in [0.15, 0.2) is 120 Å². The van der Waals surface area contributed by atoms with Crippen LogP contribution in [0.25, 0.3) is 11.0 Å². The molecule has 0 atom stereocenters. The monoisotopic (exact) mass is 1020 g/mol. The minimum Gasteiger partial charge on any atom is -0.468 e. The minimum absolute atomic E-state index is 0.00591. The zero-order valence-electron chi connectivity index (χ0n) is 50.1. The number of hydrogen-bond acceptors (Lipinski definition) is 4. The second-order valence-electron chi connectivity index (χ2n) is 30.4. The quantitative estimate of drug-likeness (QED) is 0.160. The van der Waals surface area contributed by atoms with E-state index in [2.05, 4.69) is 248 Å². The van der Waals surface area contributed by atoms with Crippen LogP contribution in [0.1, 0.15) is 202 Å². The third kappa shape index (κ3) is 8.52. The van der Waals surface area contributed by atoms with Crippen molar-refractivity contribution in [3.63, 3.8) is 0 Å². The molecule has 3 heterocycles. The molecule has 0 spiro atoms. The van der Waals surface area contributed by atoms with Gasteiger partial charge < -0.3 is 19.1 Å². The zero-order chi connectivity index (χ0) is 54.7. The van der Waals surface area contributed by atoms with Gasteiger partial charge in [-0.05, 0) is 206 Å². The van der Waals surface area contributed by atoms with Crippen molar-refractivity contribution in [2.45, 2.75) is 208 Å². The van der Waals surface area contributed by atoms with E-state index in [9.17, 15) is 0 Å². The summed E-state index contributed by atoms with van der Waals surface area (Å²) in [5, 5.41) is 1.21. The van der Waals surface area contributed by atoms with Gasteiger partial charge in [0.1, 0.15) is 5.58 Å². The number of benzene rings is 6. The van der Waals surface area contributed by atoms with Crippen LogP contribution in [-0.4, -0.2) is 12.8 Å². The minimum atomic E-state index is -0.126. The van der Waals surface area contributed by atoms with Crippen LogP contribution in [0.4, 0.5) is 45.5 Å². The predicted octanol–water partition coefficient (Wildman–Crippen LogP) is 18.6. The highest BCUT2D eigenvalue weighted by molar-refractivity contribution is 7.00. The van der Waals surface area contributed by atoms with E-state index in [1.165, 1.54) is 98.1 Å².